The van der Waals surface area contributed by atoms with Crippen molar-refractivity contribution in [2.45, 2.75) is 46.3 Å². The lowest BCUT2D eigenvalue weighted by atomic mass is 10.1. The minimum absolute atomic E-state index is 0.126. The van der Waals surface area contributed by atoms with Crippen molar-refractivity contribution in [3.8, 4) is 0 Å². The molecule has 0 aliphatic carbocycles. The Kier molecular flexibility index (Phi) is 5.81. The first kappa shape index (κ1) is 22.1. The standard InChI is InChI=1S/C22H27N5O4S/c1-13-11-14(5-6-16(13)27-10-8-23-20(27)29)18(28)25-19-24-15-7-9-26(12-17(15)32-19)21(30)31-22(2,3)4/h5-6,11H,7-10,12H2,1-4H3,(H,23,29)(H,24,25,28). The zero-order valence-electron chi connectivity index (χ0n) is 18.7. The fourth-order valence-electron chi connectivity index (χ4n) is 3.70. The number of benzene rings is 1. The number of anilines is 2. The van der Waals surface area contributed by atoms with Crippen molar-refractivity contribution in [3.63, 3.8) is 0 Å². The van der Waals surface area contributed by atoms with Crippen LogP contribution in [0.1, 0.15) is 47.3 Å². The summed E-state index contributed by atoms with van der Waals surface area (Å²) in [6.45, 7) is 9.58. The van der Waals surface area contributed by atoms with Crippen molar-refractivity contribution in [3.05, 3.63) is 39.9 Å². The molecule has 4 amide bonds. The van der Waals surface area contributed by atoms with Crippen molar-refractivity contribution in [1.29, 1.82) is 0 Å². The molecule has 2 N–H and O–H groups in total. The van der Waals surface area contributed by atoms with Gasteiger partial charge in [-0.05, 0) is 51.5 Å². The van der Waals surface area contributed by atoms with Gasteiger partial charge in [-0.15, -0.1) is 0 Å². The van der Waals surface area contributed by atoms with E-state index in [0.717, 1.165) is 21.8 Å². The third kappa shape index (κ3) is 4.69. The number of urea groups is 1. The van der Waals surface area contributed by atoms with Gasteiger partial charge in [0.05, 0.1) is 12.2 Å². The molecule has 10 heteroatoms. The molecule has 1 saturated heterocycles. The van der Waals surface area contributed by atoms with Gasteiger partial charge >= 0.3 is 12.1 Å². The van der Waals surface area contributed by atoms with E-state index in [1.807, 2.05) is 27.7 Å². The Balaban J connectivity index is 1.42. The molecule has 1 aromatic carbocycles. The molecule has 4 rings (SSSR count). The zero-order valence-corrected chi connectivity index (χ0v) is 19.5. The quantitative estimate of drug-likeness (QED) is 0.734. The summed E-state index contributed by atoms with van der Waals surface area (Å²) in [5.41, 5.74) is 2.49. The van der Waals surface area contributed by atoms with E-state index in [0.29, 0.717) is 43.3 Å². The molecule has 0 radical (unpaired) electrons. The van der Waals surface area contributed by atoms with E-state index in [4.69, 9.17) is 4.74 Å². The van der Waals surface area contributed by atoms with Gasteiger partial charge in [-0.3, -0.25) is 15.0 Å². The van der Waals surface area contributed by atoms with Crippen LogP contribution in [0.3, 0.4) is 0 Å². The molecular weight excluding hydrogens is 430 g/mol. The van der Waals surface area contributed by atoms with Gasteiger partial charge in [0.1, 0.15) is 5.60 Å². The van der Waals surface area contributed by atoms with Gasteiger partial charge < -0.3 is 15.0 Å². The number of carbonyl (C=O) groups excluding carboxylic acids is 3. The molecule has 0 bridgehead atoms. The molecule has 0 saturated carbocycles. The van der Waals surface area contributed by atoms with Crippen LogP contribution >= 0.6 is 11.3 Å². The topological polar surface area (TPSA) is 104 Å². The van der Waals surface area contributed by atoms with E-state index in [2.05, 4.69) is 15.6 Å². The van der Waals surface area contributed by atoms with Gasteiger partial charge in [-0.2, -0.15) is 0 Å². The molecule has 0 spiro atoms. The molecule has 3 heterocycles. The van der Waals surface area contributed by atoms with Gasteiger partial charge in [0.15, 0.2) is 5.13 Å². The van der Waals surface area contributed by atoms with Crippen LogP contribution in [0.25, 0.3) is 0 Å². The molecule has 1 aromatic heterocycles. The lowest BCUT2D eigenvalue weighted by Crippen LogP contribution is -2.39. The number of nitrogens with one attached hydrogen (secondary N) is 2. The summed E-state index contributed by atoms with van der Waals surface area (Å²) in [6.07, 6.45) is 0.275. The maximum absolute atomic E-state index is 12.8. The van der Waals surface area contributed by atoms with Gasteiger partial charge in [0.2, 0.25) is 0 Å². The second-order valence-electron chi connectivity index (χ2n) is 8.88. The first-order valence-corrected chi connectivity index (χ1v) is 11.4. The second-order valence-corrected chi connectivity index (χ2v) is 9.96. The van der Waals surface area contributed by atoms with E-state index in [1.54, 1.807) is 28.0 Å². The van der Waals surface area contributed by atoms with E-state index in [9.17, 15) is 14.4 Å². The van der Waals surface area contributed by atoms with E-state index >= 15 is 0 Å². The molecule has 0 atom stereocenters. The number of hydrogen-bond donors (Lipinski definition) is 2. The normalized spacial score (nSPS) is 15.9. The molecule has 2 aliphatic rings. The van der Waals surface area contributed by atoms with Gasteiger partial charge in [0.25, 0.3) is 5.91 Å². The van der Waals surface area contributed by atoms with Crippen LogP contribution in [0, 0.1) is 6.92 Å². The monoisotopic (exact) mass is 457 g/mol. The summed E-state index contributed by atoms with van der Waals surface area (Å²) >= 11 is 1.37. The number of ether oxygens (including phenoxy) is 1. The predicted octanol–water partition coefficient (Wildman–Crippen LogP) is 3.53. The molecule has 1 fully saturated rings. The summed E-state index contributed by atoms with van der Waals surface area (Å²) in [5, 5.41) is 6.15. The summed E-state index contributed by atoms with van der Waals surface area (Å²) in [5.74, 6) is -0.263. The first-order valence-electron chi connectivity index (χ1n) is 10.5. The van der Waals surface area contributed by atoms with Crippen molar-refractivity contribution >= 4 is 40.2 Å². The van der Waals surface area contributed by atoms with Crippen LogP contribution in [0.4, 0.5) is 20.4 Å². The molecule has 32 heavy (non-hydrogen) atoms. The highest BCUT2D eigenvalue weighted by molar-refractivity contribution is 7.15. The number of nitrogens with zero attached hydrogens (tertiary/aromatic N) is 3. The average molecular weight is 458 g/mol. The Labute approximate surface area is 190 Å². The lowest BCUT2D eigenvalue weighted by molar-refractivity contribution is 0.0225. The minimum Gasteiger partial charge on any atom is -0.444 e. The molecule has 0 unspecified atom stereocenters. The highest BCUT2D eigenvalue weighted by Gasteiger charge is 2.28. The smallest absolute Gasteiger partial charge is 0.410 e. The maximum Gasteiger partial charge on any atom is 0.410 e. The maximum atomic E-state index is 12.8. The van der Waals surface area contributed by atoms with Crippen LogP contribution in [0.5, 0.6) is 0 Å². The second kappa shape index (κ2) is 8.42. The van der Waals surface area contributed by atoms with E-state index in [1.165, 1.54) is 11.3 Å². The van der Waals surface area contributed by atoms with Crippen molar-refractivity contribution in [2.24, 2.45) is 0 Å². The van der Waals surface area contributed by atoms with Crippen LogP contribution in [0.15, 0.2) is 18.2 Å². The Bertz CT molecular complexity index is 1070. The third-order valence-electron chi connectivity index (χ3n) is 5.21. The van der Waals surface area contributed by atoms with Crippen molar-refractivity contribution in [2.75, 3.05) is 29.9 Å². The number of hydrogen-bond acceptors (Lipinski definition) is 6. The van der Waals surface area contributed by atoms with E-state index in [-0.39, 0.29) is 18.0 Å². The van der Waals surface area contributed by atoms with Crippen LogP contribution in [0.2, 0.25) is 0 Å². The summed E-state index contributed by atoms with van der Waals surface area (Å²) in [6, 6.07) is 5.15. The first-order chi connectivity index (χ1) is 15.1. The Morgan fingerprint density at radius 1 is 1.25 bits per heavy atom. The Morgan fingerprint density at radius 2 is 2.03 bits per heavy atom. The van der Waals surface area contributed by atoms with Crippen LogP contribution < -0.4 is 15.5 Å². The highest BCUT2D eigenvalue weighted by Crippen LogP contribution is 2.30. The van der Waals surface area contributed by atoms with Gasteiger partial charge in [0, 0.05) is 42.2 Å². The summed E-state index contributed by atoms with van der Waals surface area (Å²) in [4.78, 5) is 45.9. The molecule has 2 aliphatic heterocycles. The van der Waals surface area contributed by atoms with Crippen molar-refractivity contribution < 1.29 is 19.1 Å². The Morgan fingerprint density at radius 3 is 2.69 bits per heavy atom. The van der Waals surface area contributed by atoms with E-state index < -0.39 is 5.60 Å². The van der Waals surface area contributed by atoms with Gasteiger partial charge in [-0.25, -0.2) is 14.6 Å². The number of aromatic nitrogens is 1. The SMILES string of the molecule is Cc1cc(C(=O)Nc2nc3c(s2)CN(C(=O)OC(C)(C)C)CC3)ccc1N1CCNC1=O. The zero-order chi connectivity index (χ0) is 23.0. The van der Waals surface area contributed by atoms with Crippen LogP contribution in [-0.2, 0) is 17.7 Å². The number of carbonyl (C=O) groups is 3. The minimum atomic E-state index is -0.545. The molecule has 170 valence electrons. The van der Waals surface area contributed by atoms with Crippen LogP contribution in [-0.4, -0.2) is 53.2 Å². The van der Waals surface area contributed by atoms with Crippen molar-refractivity contribution in [1.82, 2.24) is 15.2 Å². The summed E-state index contributed by atoms with van der Waals surface area (Å²) in [7, 11) is 0. The lowest BCUT2D eigenvalue weighted by Gasteiger charge is -2.29. The number of thiazole rings is 1. The Hall–Kier alpha value is -3.14. The number of rotatable bonds is 3. The largest absolute Gasteiger partial charge is 0.444 e. The number of aryl methyl sites for hydroxylation is 1. The third-order valence-corrected chi connectivity index (χ3v) is 6.21. The number of fused-ring (bicyclic) bond motifs is 1. The average Bonchev–Trinajstić information content (AvgIpc) is 3.31. The number of amides is 4. The molecule has 9 nitrogen and oxygen atoms in total. The summed E-state index contributed by atoms with van der Waals surface area (Å²) < 4.78 is 5.46. The molecule has 2 aromatic rings. The highest BCUT2D eigenvalue weighted by atomic mass is 32.1. The van der Waals surface area contributed by atoms with Gasteiger partial charge in [-0.1, -0.05) is 11.3 Å². The predicted molar refractivity (Wildman–Crippen MR) is 122 cm³/mol. The fraction of sp³-hybridized carbons (Fsp3) is 0.455. The fourth-order valence-corrected chi connectivity index (χ4v) is 4.72. The molecular formula is C22H27N5O4S.